The second-order valence-corrected chi connectivity index (χ2v) is 5.25. The summed E-state index contributed by atoms with van der Waals surface area (Å²) in [6, 6.07) is 13.0. The number of rotatable bonds is 7. The molecular weight excluding hydrogens is 350 g/mol. The highest BCUT2D eigenvalue weighted by Crippen LogP contribution is 2.28. The van der Waals surface area contributed by atoms with Gasteiger partial charge in [-0.25, -0.2) is 0 Å². The summed E-state index contributed by atoms with van der Waals surface area (Å²) in [5.41, 5.74) is 7.46. The third-order valence-electron chi connectivity index (χ3n) is 3.68. The minimum atomic E-state index is -2.91. The van der Waals surface area contributed by atoms with Gasteiger partial charge in [0, 0.05) is 17.7 Å². The van der Waals surface area contributed by atoms with Crippen LogP contribution in [0.1, 0.15) is 40.9 Å². The molecule has 1 atom stereocenters. The first-order valence-electron chi connectivity index (χ1n) is 7.68. The molecule has 0 saturated carbocycles. The SMILES string of the molecule is CCC(NC(=O)c1ccc(CN)cc1)c1ccccc1OC(F)F.Cl. The summed E-state index contributed by atoms with van der Waals surface area (Å²) in [5.74, 6) is -0.213. The molecule has 7 heteroatoms. The molecule has 0 bridgehead atoms. The van der Waals surface area contributed by atoms with Crippen molar-refractivity contribution in [2.45, 2.75) is 32.5 Å². The number of nitrogens with one attached hydrogen (secondary N) is 1. The van der Waals surface area contributed by atoms with Crippen LogP contribution in [0, 0.1) is 0 Å². The Kier molecular flexibility index (Phi) is 8.31. The molecule has 0 aromatic heterocycles. The number of ether oxygens (including phenoxy) is 1. The van der Waals surface area contributed by atoms with Crippen LogP contribution in [0.5, 0.6) is 5.75 Å². The Morgan fingerprint density at radius 1 is 1.16 bits per heavy atom. The van der Waals surface area contributed by atoms with E-state index in [9.17, 15) is 13.6 Å². The maximum Gasteiger partial charge on any atom is 0.387 e. The van der Waals surface area contributed by atoms with Crippen molar-refractivity contribution in [2.24, 2.45) is 5.73 Å². The molecule has 3 N–H and O–H groups in total. The number of amides is 1. The predicted molar refractivity (Wildman–Crippen MR) is 95.2 cm³/mol. The largest absolute Gasteiger partial charge is 0.434 e. The Balaban J connectivity index is 0.00000312. The quantitative estimate of drug-likeness (QED) is 0.772. The second-order valence-electron chi connectivity index (χ2n) is 5.25. The average molecular weight is 371 g/mol. The van der Waals surface area contributed by atoms with Crippen LogP contribution in [0.15, 0.2) is 48.5 Å². The molecule has 0 aliphatic heterocycles. The summed E-state index contributed by atoms with van der Waals surface area (Å²) in [7, 11) is 0. The fourth-order valence-corrected chi connectivity index (χ4v) is 2.41. The number of para-hydroxylation sites is 1. The fourth-order valence-electron chi connectivity index (χ4n) is 2.41. The lowest BCUT2D eigenvalue weighted by atomic mass is 10.0. The molecule has 2 aromatic rings. The smallest absolute Gasteiger partial charge is 0.387 e. The van der Waals surface area contributed by atoms with Crippen molar-refractivity contribution in [3.05, 3.63) is 65.2 Å². The summed E-state index contributed by atoms with van der Waals surface area (Å²) in [6.45, 7) is -0.650. The first-order chi connectivity index (χ1) is 11.5. The number of alkyl halides is 2. The van der Waals surface area contributed by atoms with Gasteiger partial charge in [0.1, 0.15) is 5.75 Å². The van der Waals surface area contributed by atoms with Crippen LogP contribution in [0.2, 0.25) is 0 Å². The molecule has 1 unspecified atom stereocenters. The van der Waals surface area contributed by atoms with Gasteiger partial charge in [-0.1, -0.05) is 37.3 Å². The van der Waals surface area contributed by atoms with E-state index in [4.69, 9.17) is 5.73 Å². The van der Waals surface area contributed by atoms with Gasteiger partial charge in [-0.2, -0.15) is 8.78 Å². The van der Waals surface area contributed by atoms with E-state index in [1.165, 1.54) is 6.07 Å². The number of halogens is 3. The molecule has 25 heavy (non-hydrogen) atoms. The van der Waals surface area contributed by atoms with Crippen LogP contribution in [0.4, 0.5) is 8.78 Å². The van der Waals surface area contributed by atoms with Crippen molar-refractivity contribution in [3.63, 3.8) is 0 Å². The minimum Gasteiger partial charge on any atom is -0.434 e. The molecule has 2 aromatic carbocycles. The predicted octanol–water partition coefficient (Wildman–Crippen LogP) is 4.05. The molecule has 4 nitrogen and oxygen atoms in total. The van der Waals surface area contributed by atoms with E-state index in [2.05, 4.69) is 10.1 Å². The van der Waals surface area contributed by atoms with Gasteiger partial charge in [-0.15, -0.1) is 12.4 Å². The van der Waals surface area contributed by atoms with Gasteiger partial charge in [-0.05, 0) is 30.2 Å². The number of hydrogen-bond acceptors (Lipinski definition) is 3. The maximum atomic E-state index is 12.5. The first-order valence-corrected chi connectivity index (χ1v) is 7.68. The highest BCUT2D eigenvalue weighted by Gasteiger charge is 2.19. The lowest BCUT2D eigenvalue weighted by Crippen LogP contribution is -2.28. The molecule has 0 spiro atoms. The van der Waals surface area contributed by atoms with Gasteiger partial charge in [-0.3, -0.25) is 4.79 Å². The van der Waals surface area contributed by atoms with Crippen LogP contribution in [-0.4, -0.2) is 12.5 Å². The molecule has 1 amide bonds. The number of benzene rings is 2. The van der Waals surface area contributed by atoms with Gasteiger partial charge >= 0.3 is 6.61 Å². The zero-order valence-corrected chi connectivity index (χ0v) is 14.6. The molecule has 0 heterocycles. The lowest BCUT2D eigenvalue weighted by molar-refractivity contribution is -0.0506. The van der Waals surface area contributed by atoms with E-state index in [1.54, 1.807) is 42.5 Å². The third-order valence-corrected chi connectivity index (χ3v) is 3.68. The minimum absolute atomic E-state index is 0. The Bertz CT molecular complexity index is 681. The summed E-state index contributed by atoms with van der Waals surface area (Å²) in [4.78, 5) is 12.4. The third kappa shape index (κ3) is 5.69. The fraction of sp³-hybridized carbons (Fsp3) is 0.278. The van der Waals surface area contributed by atoms with Crippen LogP contribution in [-0.2, 0) is 6.54 Å². The molecule has 0 fully saturated rings. The highest BCUT2D eigenvalue weighted by atomic mass is 35.5. The van der Waals surface area contributed by atoms with Crippen molar-refractivity contribution < 1.29 is 18.3 Å². The summed E-state index contributed by atoms with van der Waals surface area (Å²) < 4.78 is 29.6. The van der Waals surface area contributed by atoms with E-state index >= 15 is 0 Å². The number of carbonyl (C=O) groups is 1. The van der Waals surface area contributed by atoms with E-state index in [0.29, 0.717) is 24.1 Å². The van der Waals surface area contributed by atoms with Crippen LogP contribution >= 0.6 is 12.4 Å². The number of nitrogens with two attached hydrogens (primary N) is 1. The maximum absolute atomic E-state index is 12.5. The van der Waals surface area contributed by atoms with E-state index in [-0.39, 0.29) is 24.1 Å². The van der Waals surface area contributed by atoms with E-state index < -0.39 is 12.7 Å². The highest BCUT2D eigenvalue weighted by molar-refractivity contribution is 5.94. The Morgan fingerprint density at radius 3 is 2.36 bits per heavy atom. The van der Waals surface area contributed by atoms with Crippen molar-refractivity contribution in [1.29, 1.82) is 0 Å². The molecular formula is C18H21ClF2N2O2. The van der Waals surface area contributed by atoms with Crippen molar-refractivity contribution in [3.8, 4) is 5.75 Å². The Hall–Kier alpha value is -2.18. The standard InChI is InChI=1S/C18H20F2N2O2.ClH/c1-2-15(14-5-3-4-6-16(14)24-18(19)20)22-17(23)13-9-7-12(11-21)8-10-13;/h3-10,15,18H,2,11,21H2,1H3,(H,22,23);1H. The molecule has 2 rings (SSSR count). The van der Waals surface area contributed by atoms with Gasteiger partial charge in [0.15, 0.2) is 0 Å². The summed E-state index contributed by atoms with van der Waals surface area (Å²) >= 11 is 0. The van der Waals surface area contributed by atoms with Gasteiger partial charge in [0.2, 0.25) is 0 Å². The first kappa shape index (κ1) is 20.9. The van der Waals surface area contributed by atoms with E-state index in [0.717, 1.165) is 5.56 Å². The molecule has 136 valence electrons. The summed E-state index contributed by atoms with van der Waals surface area (Å²) in [6.07, 6.45) is 0.538. The normalized spacial score (nSPS) is 11.6. The van der Waals surface area contributed by atoms with Crippen molar-refractivity contribution >= 4 is 18.3 Å². The number of hydrogen-bond donors (Lipinski definition) is 2. The zero-order valence-electron chi connectivity index (χ0n) is 13.7. The molecule has 0 aliphatic rings. The van der Waals surface area contributed by atoms with Crippen LogP contribution in [0.3, 0.4) is 0 Å². The van der Waals surface area contributed by atoms with Gasteiger partial charge in [0.05, 0.1) is 6.04 Å². The van der Waals surface area contributed by atoms with Crippen LogP contribution < -0.4 is 15.8 Å². The monoisotopic (exact) mass is 370 g/mol. The van der Waals surface area contributed by atoms with Gasteiger partial charge in [0.25, 0.3) is 5.91 Å². The molecule has 0 aliphatic carbocycles. The number of carbonyl (C=O) groups excluding carboxylic acids is 1. The zero-order chi connectivity index (χ0) is 17.5. The summed E-state index contributed by atoms with van der Waals surface area (Å²) in [5, 5.41) is 2.86. The Labute approximate surface area is 151 Å². The van der Waals surface area contributed by atoms with E-state index in [1.807, 2.05) is 6.92 Å². The second kappa shape index (κ2) is 9.96. The molecule has 0 saturated heterocycles. The molecule has 0 radical (unpaired) electrons. The van der Waals surface area contributed by atoms with Crippen molar-refractivity contribution in [1.82, 2.24) is 5.32 Å². The average Bonchev–Trinajstić information content (AvgIpc) is 2.59. The van der Waals surface area contributed by atoms with Crippen LogP contribution in [0.25, 0.3) is 0 Å². The van der Waals surface area contributed by atoms with Gasteiger partial charge < -0.3 is 15.8 Å². The topological polar surface area (TPSA) is 64.4 Å². The van der Waals surface area contributed by atoms with Crippen molar-refractivity contribution in [2.75, 3.05) is 0 Å². The Morgan fingerprint density at radius 2 is 1.80 bits per heavy atom. The lowest BCUT2D eigenvalue weighted by Gasteiger charge is -2.20.